The molecule has 2 aromatic rings. The smallest absolute Gasteiger partial charge is 0.191 e. The Morgan fingerprint density at radius 2 is 2.22 bits per heavy atom. The first-order chi connectivity index (χ1) is 8.81. The molecule has 0 saturated carbocycles. The molecular weight excluding hydrogens is 250 g/mol. The highest BCUT2D eigenvalue weighted by Crippen LogP contribution is 2.16. The molecule has 0 bridgehead atoms. The second kappa shape index (κ2) is 6.22. The summed E-state index contributed by atoms with van der Waals surface area (Å²) in [5, 5.41) is 3.90. The van der Waals surface area contributed by atoms with Crippen LogP contribution in [0.3, 0.4) is 0 Å². The number of nitrogens with two attached hydrogens (primary N) is 1. The molecule has 2 heterocycles. The van der Waals surface area contributed by atoms with E-state index in [1.807, 2.05) is 17.0 Å². The summed E-state index contributed by atoms with van der Waals surface area (Å²) in [4.78, 5) is 12.5. The number of aromatic nitrogens is 4. The molecule has 0 saturated heterocycles. The first kappa shape index (κ1) is 12.7. The van der Waals surface area contributed by atoms with Gasteiger partial charge < -0.3 is 15.3 Å². The van der Waals surface area contributed by atoms with Crippen LogP contribution in [-0.4, -0.2) is 32.3 Å². The Labute approximate surface area is 109 Å². The average molecular weight is 265 g/mol. The molecule has 0 aliphatic rings. The second-order valence-corrected chi connectivity index (χ2v) is 4.27. The summed E-state index contributed by atoms with van der Waals surface area (Å²) in [6, 6.07) is 1.77. The number of hydrogen-bond donors (Lipinski definition) is 3. The fourth-order valence-corrected chi connectivity index (χ4v) is 1.79. The van der Waals surface area contributed by atoms with Crippen molar-refractivity contribution in [1.82, 2.24) is 19.5 Å². The van der Waals surface area contributed by atoms with Crippen molar-refractivity contribution in [3.05, 3.63) is 24.8 Å². The van der Waals surface area contributed by atoms with Crippen molar-refractivity contribution in [3.63, 3.8) is 0 Å². The van der Waals surface area contributed by atoms with Gasteiger partial charge in [-0.2, -0.15) is 0 Å². The van der Waals surface area contributed by atoms with Crippen molar-refractivity contribution < 1.29 is 0 Å². The fraction of sp³-hybridized carbons (Fsp3) is 0.300. The quantitative estimate of drug-likeness (QED) is 0.308. The molecule has 7 nitrogen and oxygen atoms in total. The third kappa shape index (κ3) is 3.34. The highest BCUT2D eigenvalue weighted by atomic mass is 32.2. The van der Waals surface area contributed by atoms with Gasteiger partial charge in [0.1, 0.15) is 11.6 Å². The van der Waals surface area contributed by atoms with Gasteiger partial charge in [0, 0.05) is 31.5 Å². The molecule has 96 valence electrons. The molecule has 2 rings (SSSR count). The molecule has 4 N–H and O–H groups in total. The van der Waals surface area contributed by atoms with Crippen LogP contribution in [0, 0.1) is 0 Å². The number of nitrogens with zero attached hydrogens (tertiary/aromatic N) is 4. The van der Waals surface area contributed by atoms with E-state index in [4.69, 9.17) is 5.84 Å². The van der Waals surface area contributed by atoms with Gasteiger partial charge in [0.15, 0.2) is 5.16 Å². The molecule has 0 unspecified atom stereocenters. The van der Waals surface area contributed by atoms with Gasteiger partial charge in [0.2, 0.25) is 0 Å². The summed E-state index contributed by atoms with van der Waals surface area (Å²) in [6.45, 7) is 1.58. The summed E-state index contributed by atoms with van der Waals surface area (Å²) >= 11 is 1.47. The van der Waals surface area contributed by atoms with Crippen molar-refractivity contribution >= 4 is 23.4 Å². The SMILES string of the molecule is CSc1nc(NN)cc(NCCn2ccnc2)n1. The van der Waals surface area contributed by atoms with Crippen LogP contribution in [0.2, 0.25) is 0 Å². The lowest BCUT2D eigenvalue weighted by Crippen LogP contribution is -2.13. The summed E-state index contributed by atoms with van der Waals surface area (Å²) in [5.74, 6) is 6.71. The summed E-state index contributed by atoms with van der Waals surface area (Å²) < 4.78 is 1.99. The number of anilines is 2. The fourth-order valence-electron chi connectivity index (χ4n) is 1.41. The maximum atomic E-state index is 5.36. The summed E-state index contributed by atoms with van der Waals surface area (Å²) in [6.07, 6.45) is 7.38. The molecule has 0 aliphatic heterocycles. The first-order valence-corrected chi connectivity index (χ1v) is 6.63. The zero-order valence-electron chi connectivity index (χ0n) is 10.00. The average Bonchev–Trinajstić information content (AvgIpc) is 2.91. The largest absolute Gasteiger partial charge is 0.368 e. The van der Waals surface area contributed by atoms with Gasteiger partial charge in [0.05, 0.1) is 6.33 Å². The van der Waals surface area contributed by atoms with Crippen molar-refractivity contribution in [2.24, 2.45) is 5.84 Å². The molecule has 8 heteroatoms. The summed E-state index contributed by atoms with van der Waals surface area (Å²) in [5.41, 5.74) is 2.53. The van der Waals surface area contributed by atoms with Crippen molar-refractivity contribution in [1.29, 1.82) is 0 Å². The van der Waals surface area contributed by atoms with Gasteiger partial charge in [-0.15, -0.1) is 0 Å². The summed E-state index contributed by atoms with van der Waals surface area (Å²) in [7, 11) is 0. The molecule has 0 atom stereocenters. The molecule has 0 spiro atoms. The molecule has 2 aromatic heterocycles. The van der Waals surface area contributed by atoms with Gasteiger partial charge in [-0.05, 0) is 6.26 Å². The lowest BCUT2D eigenvalue weighted by Gasteiger charge is -2.09. The van der Waals surface area contributed by atoms with Crippen LogP contribution in [0.25, 0.3) is 0 Å². The minimum Gasteiger partial charge on any atom is -0.368 e. The Morgan fingerprint density at radius 3 is 2.89 bits per heavy atom. The van der Waals surface area contributed by atoms with Crippen molar-refractivity contribution in [2.75, 3.05) is 23.5 Å². The second-order valence-electron chi connectivity index (χ2n) is 3.50. The maximum absolute atomic E-state index is 5.36. The molecule has 0 fully saturated rings. The number of hydrogen-bond acceptors (Lipinski definition) is 7. The molecule has 0 amide bonds. The number of rotatable bonds is 6. The zero-order valence-corrected chi connectivity index (χ0v) is 10.8. The van der Waals surface area contributed by atoms with Gasteiger partial charge in [-0.25, -0.2) is 20.8 Å². The Bertz CT molecular complexity index is 463. The molecule has 0 aliphatic carbocycles. The zero-order chi connectivity index (χ0) is 12.8. The minimum absolute atomic E-state index is 0.597. The Kier molecular flexibility index (Phi) is 4.37. The Morgan fingerprint density at radius 1 is 1.39 bits per heavy atom. The normalized spacial score (nSPS) is 10.3. The van der Waals surface area contributed by atoms with Crippen LogP contribution in [0.5, 0.6) is 0 Å². The molecule has 0 radical (unpaired) electrons. The lowest BCUT2D eigenvalue weighted by atomic mass is 10.5. The number of nitrogen functional groups attached to an aromatic ring is 1. The molecule has 18 heavy (non-hydrogen) atoms. The number of thioether (sulfide) groups is 1. The highest BCUT2D eigenvalue weighted by Gasteiger charge is 2.02. The van der Waals surface area contributed by atoms with Crippen LogP contribution < -0.4 is 16.6 Å². The monoisotopic (exact) mass is 265 g/mol. The maximum Gasteiger partial charge on any atom is 0.191 e. The van der Waals surface area contributed by atoms with Crippen molar-refractivity contribution in [3.8, 4) is 0 Å². The highest BCUT2D eigenvalue weighted by molar-refractivity contribution is 7.98. The predicted octanol–water partition coefficient (Wildman–Crippen LogP) is 0.793. The van der Waals surface area contributed by atoms with Gasteiger partial charge in [-0.1, -0.05) is 11.8 Å². The van der Waals surface area contributed by atoms with Crippen LogP contribution in [0.4, 0.5) is 11.6 Å². The van der Waals surface area contributed by atoms with Crippen LogP contribution in [0.15, 0.2) is 29.9 Å². The number of hydrazine groups is 1. The third-order valence-electron chi connectivity index (χ3n) is 2.27. The van der Waals surface area contributed by atoms with Crippen molar-refractivity contribution in [2.45, 2.75) is 11.7 Å². The van der Waals surface area contributed by atoms with E-state index in [1.165, 1.54) is 11.8 Å². The number of nitrogens with one attached hydrogen (secondary N) is 2. The van der Waals surface area contributed by atoms with Gasteiger partial charge >= 0.3 is 0 Å². The Hall–Kier alpha value is -1.80. The van der Waals surface area contributed by atoms with Crippen LogP contribution in [-0.2, 0) is 6.54 Å². The van der Waals surface area contributed by atoms with E-state index in [1.54, 1.807) is 18.6 Å². The number of imidazole rings is 1. The van der Waals surface area contributed by atoms with Crippen LogP contribution >= 0.6 is 11.8 Å². The van der Waals surface area contributed by atoms with Crippen LogP contribution in [0.1, 0.15) is 0 Å². The van der Waals surface area contributed by atoms with E-state index < -0.39 is 0 Å². The van der Waals surface area contributed by atoms with E-state index in [0.29, 0.717) is 11.0 Å². The molecular formula is C10H15N7S. The van der Waals surface area contributed by atoms with Gasteiger partial charge in [0.25, 0.3) is 0 Å². The molecule has 0 aromatic carbocycles. The van der Waals surface area contributed by atoms with E-state index >= 15 is 0 Å². The van der Waals surface area contributed by atoms with E-state index in [0.717, 1.165) is 18.9 Å². The minimum atomic E-state index is 0.597. The standard InChI is InChI=1S/C10H15N7S/c1-18-10-14-8(6-9(15-10)16-11)13-3-5-17-4-2-12-7-17/h2,4,6-7H,3,5,11H2,1H3,(H2,13,14,15,16). The predicted molar refractivity (Wildman–Crippen MR) is 72.3 cm³/mol. The van der Waals surface area contributed by atoms with E-state index in [9.17, 15) is 0 Å². The van der Waals surface area contributed by atoms with Gasteiger partial charge in [-0.3, -0.25) is 0 Å². The lowest BCUT2D eigenvalue weighted by molar-refractivity contribution is 0.724. The Balaban J connectivity index is 1.95. The van der Waals surface area contributed by atoms with E-state index in [2.05, 4.69) is 25.7 Å². The topological polar surface area (TPSA) is 93.7 Å². The first-order valence-electron chi connectivity index (χ1n) is 5.41. The third-order valence-corrected chi connectivity index (χ3v) is 2.82. The van der Waals surface area contributed by atoms with E-state index in [-0.39, 0.29) is 0 Å².